The molecule has 1 saturated heterocycles. The third kappa shape index (κ3) is 2.66. The van der Waals surface area contributed by atoms with Crippen molar-refractivity contribution in [1.82, 2.24) is 4.90 Å². The number of hydrogen-bond acceptors (Lipinski definition) is 3. The second-order valence-corrected chi connectivity index (χ2v) is 4.12. The molecule has 1 heterocycles. The van der Waals surface area contributed by atoms with Crippen molar-refractivity contribution in [2.24, 2.45) is 11.7 Å². The lowest BCUT2D eigenvalue weighted by molar-refractivity contribution is -0.0279. The molecule has 0 aromatic rings. The van der Waals surface area contributed by atoms with E-state index < -0.39 is 0 Å². The SMILES string of the molecule is CC(CN)C(C)N1CCOCC1C. The molecule has 3 nitrogen and oxygen atoms in total. The van der Waals surface area contributed by atoms with Crippen LogP contribution in [0.4, 0.5) is 0 Å². The molecule has 0 bridgehead atoms. The van der Waals surface area contributed by atoms with Gasteiger partial charge in [-0.15, -0.1) is 0 Å². The monoisotopic (exact) mass is 186 g/mol. The molecule has 0 aromatic heterocycles. The van der Waals surface area contributed by atoms with Crippen LogP contribution in [0.1, 0.15) is 20.8 Å². The summed E-state index contributed by atoms with van der Waals surface area (Å²) in [7, 11) is 0. The Morgan fingerprint density at radius 2 is 2.23 bits per heavy atom. The van der Waals surface area contributed by atoms with Crippen molar-refractivity contribution in [2.75, 3.05) is 26.3 Å². The Bertz CT molecular complexity index is 152. The number of morpholine rings is 1. The van der Waals surface area contributed by atoms with Gasteiger partial charge in [0.05, 0.1) is 13.2 Å². The quantitative estimate of drug-likeness (QED) is 0.705. The van der Waals surface area contributed by atoms with Gasteiger partial charge in [0.1, 0.15) is 0 Å². The summed E-state index contributed by atoms with van der Waals surface area (Å²) in [5.41, 5.74) is 5.67. The van der Waals surface area contributed by atoms with Gasteiger partial charge in [0, 0.05) is 18.6 Å². The fourth-order valence-corrected chi connectivity index (χ4v) is 1.87. The predicted octanol–water partition coefficient (Wildman–Crippen LogP) is 0.690. The lowest BCUT2D eigenvalue weighted by Crippen LogP contribution is -2.51. The van der Waals surface area contributed by atoms with Crippen molar-refractivity contribution in [3.63, 3.8) is 0 Å². The summed E-state index contributed by atoms with van der Waals surface area (Å²) in [4.78, 5) is 2.50. The normalized spacial score (nSPS) is 30.0. The van der Waals surface area contributed by atoms with Crippen LogP contribution in [-0.2, 0) is 4.74 Å². The van der Waals surface area contributed by atoms with Gasteiger partial charge in [0.2, 0.25) is 0 Å². The van der Waals surface area contributed by atoms with Gasteiger partial charge in [0.25, 0.3) is 0 Å². The number of nitrogens with zero attached hydrogens (tertiary/aromatic N) is 1. The smallest absolute Gasteiger partial charge is 0.0619 e. The first-order chi connectivity index (χ1) is 6.16. The molecule has 3 heteroatoms. The van der Waals surface area contributed by atoms with Gasteiger partial charge in [-0.2, -0.15) is 0 Å². The van der Waals surface area contributed by atoms with Crippen LogP contribution in [0.3, 0.4) is 0 Å². The second-order valence-electron chi connectivity index (χ2n) is 4.12. The highest BCUT2D eigenvalue weighted by molar-refractivity contribution is 4.80. The zero-order valence-electron chi connectivity index (χ0n) is 8.99. The highest BCUT2D eigenvalue weighted by Gasteiger charge is 2.26. The van der Waals surface area contributed by atoms with Crippen molar-refractivity contribution in [1.29, 1.82) is 0 Å². The van der Waals surface area contributed by atoms with Gasteiger partial charge < -0.3 is 10.5 Å². The summed E-state index contributed by atoms with van der Waals surface area (Å²) in [6.07, 6.45) is 0. The molecule has 0 amide bonds. The average molecular weight is 186 g/mol. The minimum absolute atomic E-state index is 0.540. The summed E-state index contributed by atoms with van der Waals surface area (Å²) in [5, 5.41) is 0. The van der Waals surface area contributed by atoms with Crippen LogP contribution in [0.15, 0.2) is 0 Å². The molecular formula is C10H22N2O. The Hall–Kier alpha value is -0.120. The van der Waals surface area contributed by atoms with E-state index in [1.807, 2.05) is 0 Å². The molecule has 2 N–H and O–H groups in total. The molecule has 3 unspecified atom stereocenters. The molecule has 3 atom stereocenters. The van der Waals surface area contributed by atoms with E-state index in [0.29, 0.717) is 18.0 Å². The van der Waals surface area contributed by atoms with Crippen LogP contribution in [0.25, 0.3) is 0 Å². The fourth-order valence-electron chi connectivity index (χ4n) is 1.87. The molecule has 1 aliphatic heterocycles. The Balaban J connectivity index is 2.47. The van der Waals surface area contributed by atoms with Crippen LogP contribution < -0.4 is 5.73 Å². The van der Waals surface area contributed by atoms with Crippen molar-refractivity contribution >= 4 is 0 Å². The van der Waals surface area contributed by atoms with E-state index >= 15 is 0 Å². The van der Waals surface area contributed by atoms with Gasteiger partial charge in [-0.25, -0.2) is 0 Å². The lowest BCUT2D eigenvalue weighted by atomic mass is 10.0. The molecule has 0 spiro atoms. The first-order valence-electron chi connectivity index (χ1n) is 5.20. The maximum atomic E-state index is 5.67. The lowest BCUT2D eigenvalue weighted by Gasteiger charge is -2.40. The van der Waals surface area contributed by atoms with E-state index in [2.05, 4.69) is 25.7 Å². The number of ether oxygens (including phenoxy) is 1. The Morgan fingerprint density at radius 3 is 2.77 bits per heavy atom. The van der Waals surface area contributed by atoms with E-state index in [9.17, 15) is 0 Å². The largest absolute Gasteiger partial charge is 0.379 e. The average Bonchev–Trinajstić information content (AvgIpc) is 2.16. The summed E-state index contributed by atoms with van der Waals surface area (Å²) in [6, 6.07) is 1.11. The minimum Gasteiger partial charge on any atom is -0.379 e. The summed E-state index contributed by atoms with van der Waals surface area (Å²) in [5.74, 6) is 0.570. The fraction of sp³-hybridized carbons (Fsp3) is 1.00. The van der Waals surface area contributed by atoms with E-state index in [1.165, 1.54) is 0 Å². The van der Waals surface area contributed by atoms with Crippen LogP contribution in [0.2, 0.25) is 0 Å². The molecule has 0 aromatic carbocycles. The standard InChI is InChI=1S/C10H22N2O/c1-8(6-11)10(3)12-4-5-13-7-9(12)2/h8-10H,4-7,11H2,1-3H3. The highest BCUT2D eigenvalue weighted by Crippen LogP contribution is 2.16. The van der Waals surface area contributed by atoms with Crippen molar-refractivity contribution in [2.45, 2.75) is 32.9 Å². The van der Waals surface area contributed by atoms with Crippen molar-refractivity contribution in [3.05, 3.63) is 0 Å². The van der Waals surface area contributed by atoms with Gasteiger partial charge in [-0.1, -0.05) is 6.92 Å². The summed E-state index contributed by atoms with van der Waals surface area (Å²) in [6.45, 7) is 10.2. The minimum atomic E-state index is 0.540. The van der Waals surface area contributed by atoms with E-state index in [1.54, 1.807) is 0 Å². The predicted molar refractivity (Wildman–Crippen MR) is 54.7 cm³/mol. The first kappa shape index (κ1) is 11.0. The van der Waals surface area contributed by atoms with E-state index in [-0.39, 0.29) is 0 Å². The maximum Gasteiger partial charge on any atom is 0.0619 e. The van der Waals surface area contributed by atoms with Crippen LogP contribution in [-0.4, -0.2) is 43.3 Å². The number of hydrogen-bond donors (Lipinski definition) is 1. The summed E-state index contributed by atoms with van der Waals surface area (Å²) >= 11 is 0. The van der Waals surface area contributed by atoms with Crippen LogP contribution in [0, 0.1) is 5.92 Å². The Labute approximate surface area is 81.2 Å². The highest BCUT2D eigenvalue weighted by atomic mass is 16.5. The first-order valence-corrected chi connectivity index (χ1v) is 5.20. The molecule has 1 fully saturated rings. The van der Waals surface area contributed by atoms with Crippen LogP contribution in [0.5, 0.6) is 0 Å². The van der Waals surface area contributed by atoms with Gasteiger partial charge in [-0.3, -0.25) is 4.90 Å². The van der Waals surface area contributed by atoms with Crippen molar-refractivity contribution in [3.8, 4) is 0 Å². The van der Waals surface area contributed by atoms with E-state index in [0.717, 1.165) is 26.3 Å². The molecule has 78 valence electrons. The third-order valence-electron chi connectivity index (χ3n) is 3.14. The van der Waals surface area contributed by atoms with Gasteiger partial charge >= 0.3 is 0 Å². The second kappa shape index (κ2) is 4.94. The zero-order chi connectivity index (χ0) is 9.84. The molecule has 0 saturated carbocycles. The summed E-state index contributed by atoms with van der Waals surface area (Å²) < 4.78 is 5.40. The number of rotatable bonds is 3. The number of nitrogens with two attached hydrogens (primary N) is 1. The van der Waals surface area contributed by atoms with Crippen LogP contribution >= 0.6 is 0 Å². The molecule has 0 radical (unpaired) electrons. The molecule has 13 heavy (non-hydrogen) atoms. The topological polar surface area (TPSA) is 38.5 Å². The zero-order valence-corrected chi connectivity index (χ0v) is 8.99. The molecule has 0 aliphatic carbocycles. The third-order valence-corrected chi connectivity index (χ3v) is 3.14. The van der Waals surface area contributed by atoms with E-state index in [4.69, 9.17) is 10.5 Å². The van der Waals surface area contributed by atoms with Gasteiger partial charge in [-0.05, 0) is 26.3 Å². The maximum absolute atomic E-state index is 5.67. The van der Waals surface area contributed by atoms with Gasteiger partial charge in [0.15, 0.2) is 0 Å². The van der Waals surface area contributed by atoms with Crippen molar-refractivity contribution < 1.29 is 4.74 Å². The Morgan fingerprint density at radius 1 is 1.54 bits per heavy atom. The molecule has 1 aliphatic rings. The molecular weight excluding hydrogens is 164 g/mol. The molecule has 1 rings (SSSR count). The Kier molecular flexibility index (Phi) is 4.16.